The number of hydrogen-bond donors (Lipinski definition) is 2. The number of ketones is 1. The smallest absolute Gasteiger partial charge is 0.219 e. The van der Waals surface area contributed by atoms with Crippen molar-refractivity contribution in [2.45, 2.75) is 155 Å². The van der Waals surface area contributed by atoms with Crippen molar-refractivity contribution in [3.8, 4) is 0 Å². The first-order chi connectivity index (χ1) is 18.3. The Bertz CT molecular complexity index is 782. The zero-order valence-corrected chi connectivity index (χ0v) is 25.1. The lowest BCUT2D eigenvalue weighted by molar-refractivity contribution is -0.159. The van der Waals surface area contributed by atoms with Crippen LogP contribution in [0.15, 0.2) is 0 Å². The van der Waals surface area contributed by atoms with Gasteiger partial charge in [0, 0.05) is 25.8 Å². The molecule has 4 saturated carbocycles. The molecule has 4 heteroatoms. The largest absolute Gasteiger partial charge is 0.393 e. The van der Waals surface area contributed by atoms with E-state index in [-0.39, 0.29) is 17.4 Å². The van der Waals surface area contributed by atoms with Gasteiger partial charge in [-0.15, -0.1) is 0 Å². The fraction of sp³-hybridized carbons (Fsp3) is 0.941. The molecule has 218 valence electrons. The minimum Gasteiger partial charge on any atom is -0.393 e. The van der Waals surface area contributed by atoms with Gasteiger partial charge in [-0.1, -0.05) is 78.6 Å². The molecule has 0 heterocycles. The molecular formula is C34H59NO3. The average Bonchev–Trinajstić information content (AvgIpc) is 3.19. The molecule has 2 N–H and O–H groups in total. The van der Waals surface area contributed by atoms with Crippen LogP contribution in [0.2, 0.25) is 0 Å². The Morgan fingerprint density at radius 3 is 2.42 bits per heavy atom. The third-order valence-electron chi connectivity index (χ3n) is 12.1. The molecule has 0 aromatic heterocycles. The van der Waals surface area contributed by atoms with Crippen LogP contribution in [0, 0.1) is 40.4 Å². The molecule has 1 amide bonds. The third kappa shape index (κ3) is 6.69. The van der Waals surface area contributed by atoms with E-state index >= 15 is 0 Å². The molecule has 4 rings (SSSR count). The highest BCUT2D eigenvalue weighted by atomic mass is 16.3. The van der Waals surface area contributed by atoms with Gasteiger partial charge in [-0.05, 0) is 91.8 Å². The molecule has 4 aliphatic rings. The Balaban J connectivity index is 1.21. The second-order valence-electron chi connectivity index (χ2n) is 14.5. The first-order valence-electron chi connectivity index (χ1n) is 16.8. The summed E-state index contributed by atoms with van der Waals surface area (Å²) in [6, 6.07) is 0. The summed E-state index contributed by atoms with van der Waals surface area (Å²) in [5.41, 5.74) is 0.445. The van der Waals surface area contributed by atoms with Crippen molar-refractivity contribution in [2.75, 3.05) is 6.54 Å². The normalized spacial score (nSPS) is 38.4. The number of Topliss-reactive ketones (excluding diaryl/α,β-unsaturated/α-hetero) is 1. The van der Waals surface area contributed by atoms with E-state index in [0.717, 1.165) is 56.9 Å². The van der Waals surface area contributed by atoms with E-state index in [2.05, 4.69) is 26.1 Å². The van der Waals surface area contributed by atoms with Crippen LogP contribution in [0.5, 0.6) is 0 Å². The maximum atomic E-state index is 12.4. The second-order valence-corrected chi connectivity index (χ2v) is 14.5. The highest BCUT2D eigenvalue weighted by Gasteiger charge is 2.62. The molecule has 38 heavy (non-hydrogen) atoms. The maximum Gasteiger partial charge on any atom is 0.219 e. The summed E-state index contributed by atoms with van der Waals surface area (Å²) >= 11 is 0. The summed E-state index contributed by atoms with van der Waals surface area (Å²) in [6.45, 7) is 8.01. The third-order valence-corrected chi connectivity index (χ3v) is 12.1. The number of fused-ring (bicyclic) bond motifs is 5. The number of carbonyl (C=O) groups is 2. The fourth-order valence-electron chi connectivity index (χ4n) is 9.97. The fourth-order valence-corrected chi connectivity index (χ4v) is 9.97. The summed E-state index contributed by atoms with van der Waals surface area (Å²) < 4.78 is 0. The number of unbranched alkanes of at least 4 members (excludes halogenated alkanes) is 8. The standard InChI is InChI=1S/C34H59NO3/c1-4-5-13-22-35-31(38)15-12-10-8-6-7-9-11-14-25-24-34(3)29(18-19-30(34)37)28-17-16-26-23-27(36)20-21-33(26,2)32(25)28/h25-26,28-30,32,37H,4-24H2,1-3H3,(H,35,38)/t25?,26?,28-,29-,30?,32+,33-,34-/m0/s1. The van der Waals surface area contributed by atoms with Crippen molar-refractivity contribution in [1.29, 1.82) is 0 Å². The molecule has 4 nitrogen and oxygen atoms in total. The highest BCUT2D eigenvalue weighted by Crippen LogP contribution is 2.68. The van der Waals surface area contributed by atoms with Crippen molar-refractivity contribution in [3.05, 3.63) is 0 Å². The van der Waals surface area contributed by atoms with Gasteiger partial charge in [0.2, 0.25) is 5.91 Å². The van der Waals surface area contributed by atoms with Gasteiger partial charge in [0.15, 0.2) is 0 Å². The first-order valence-corrected chi connectivity index (χ1v) is 16.8. The summed E-state index contributed by atoms with van der Waals surface area (Å²) in [5, 5.41) is 14.1. The van der Waals surface area contributed by atoms with Crippen molar-refractivity contribution in [2.24, 2.45) is 40.4 Å². The summed E-state index contributed by atoms with van der Waals surface area (Å²) in [4.78, 5) is 24.3. The zero-order chi connectivity index (χ0) is 27.2. The van der Waals surface area contributed by atoms with E-state index in [4.69, 9.17) is 0 Å². The Morgan fingerprint density at radius 2 is 1.66 bits per heavy atom. The van der Waals surface area contributed by atoms with Crippen LogP contribution < -0.4 is 5.32 Å². The Kier molecular flexibility index (Phi) is 10.8. The minimum atomic E-state index is -0.118. The van der Waals surface area contributed by atoms with Gasteiger partial charge < -0.3 is 10.4 Å². The average molecular weight is 530 g/mol. The van der Waals surface area contributed by atoms with E-state index in [1.807, 2.05) is 0 Å². The van der Waals surface area contributed by atoms with Crippen LogP contribution in [0.3, 0.4) is 0 Å². The SMILES string of the molecule is CCCCCNC(=O)CCCCCCCCCC1C[C@]2(C)C(O)CC[C@H]2[C@@H]2CCC3CC(=O)CC[C@]3(C)[C@H]12. The van der Waals surface area contributed by atoms with E-state index in [1.165, 1.54) is 83.5 Å². The van der Waals surface area contributed by atoms with Gasteiger partial charge in [0.05, 0.1) is 6.10 Å². The van der Waals surface area contributed by atoms with Gasteiger partial charge in [0.25, 0.3) is 0 Å². The molecular weight excluding hydrogens is 470 g/mol. The van der Waals surface area contributed by atoms with Gasteiger partial charge >= 0.3 is 0 Å². The zero-order valence-electron chi connectivity index (χ0n) is 25.1. The predicted molar refractivity (Wildman–Crippen MR) is 156 cm³/mol. The van der Waals surface area contributed by atoms with Crippen LogP contribution in [0.25, 0.3) is 0 Å². The lowest BCUT2D eigenvalue weighted by Gasteiger charge is -2.62. The molecule has 0 aromatic carbocycles. The van der Waals surface area contributed by atoms with Crippen LogP contribution in [0.4, 0.5) is 0 Å². The van der Waals surface area contributed by atoms with Crippen molar-refractivity contribution in [1.82, 2.24) is 5.32 Å². The number of amides is 1. The molecule has 0 aliphatic heterocycles. The molecule has 0 saturated heterocycles. The van der Waals surface area contributed by atoms with E-state index in [1.54, 1.807) is 0 Å². The summed E-state index contributed by atoms with van der Waals surface area (Å²) in [5.74, 6) is 4.25. The summed E-state index contributed by atoms with van der Waals surface area (Å²) in [6.07, 6.45) is 22.7. The van der Waals surface area contributed by atoms with Gasteiger partial charge in [-0.25, -0.2) is 0 Å². The van der Waals surface area contributed by atoms with E-state index in [0.29, 0.717) is 35.4 Å². The number of rotatable bonds is 14. The van der Waals surface area contributed by atoms with Crippen molar-refractivity contribution >= 4 is 11.7 Å². The van der Waals surface area contributed by atoms with Crippen LogP contribution in [-0.2, 0) is 9.59 Å². The van der Waals surface area contributed by atoms with Crippen molar-refractivity contribution in [3.63, 3.8) is 0 Å². The van der Waals surface area contributed by atoms with Crippen molar-refractivity contribution < 1.29 is 14.7 Å². The summed E-state index contributed by atoms with van der Waals surface area (Å²) in [7, 11) is 0. The lowest BCUT2D eigenvalue weighted by Crippen LogP contribution is -2.57. The van der Waals surface area contributed by atoms with Gasteiger partial charge in [0.1, 0.15) is 5.78 Å². The Morgan fingerprint density at radius 1 is 0.921 bits per heavy atom. The molecule has 8 atom stereocenters. The van der Waals surface area contributed by atoms with Crippen LogP contribution >= 0.6 is 0 Å². The number of hydrogen-bond acceptors (Lipinski definition) is 3. The van der Waals surface area contributed by atoms with Gasteiger partial charge in [-0.3, -0.25) is 9.59 Å². The van der Waals surface area contributed by atoms with Crippen LogP contribution in [-0.4, -0.2) is 29.4 Å². The minimum absolute atomic E-state index is 0.113. The van der Waals surface area contributed by atoms with E-state index in [9.17, 15) is 14.7 Å². The second kappa shape index (κ2) is 13.6. The quantitative estimate of drug-likeness (QED) is 0.224. The molecule has 0 aromatic rings. The molecule has 0 bridgehead atoms. The number of aliphatic hydroxyl groups excluding tert-OH is 1. The molecule has 4 aliphatic carbocycles. The lowest BCUT2D eigenvalue weighted by atomic mass is 9.42. The number of aliphatic hydroxyl groups is 1. The molecule has 4 fully saturated rings. The molecule has 3 unspecified atom stereocenters. The molecule has 0 spiro atoms. The number of carbonyl (C=O) groups excluding carboxylic acids is 2. The predicted octanol–water partition coefficient (Wildman–Crippen LogP) is 8.00. The van der Waals surface area contributed by atoms with Gasteiger partial charge in [-0.2, -0.15) is 0 Å². The highest BCUT2D eigenvalue weighted by molar-refractivity contribution is 5.79. The molecule has 0 radical (unpaired) electrons. The Hall–Kier alpha value is -0.900. The Labute approximate surface area is 233 Å². The number of nitrogens with one attached hydrogen (secondary N) is 1. The van der Waals surface area contributed by atoms with Crippen LogP contribution in [0.1, 0.15) is 149 Å². The topological polar surface area (TPSA) is 66.4 Å². The van der Waals surface area contributed by atoms with E-state index < -0.39 is 0 Å². The first kappa shape index (κ1) is 30.1. The monoisotopic (exact) mass is 529 g/mol. The maximum absolute atomic E-state index is 12.4.